The number of nitrogens with zero attached hydrogens (tertiary/aromatic N) is 1. The molecular weight excluding hydrogens is 400 g/mol. The monoisotopic (exact) mass is 438 g/mol. The van der Waals surface area contributed by atoms with Crippen LogP contribution in [0.5, 0.6) is 0 Å². The maximum Gasteiger partial charge on any atom is 0.303 e. The number of amides is 2. The van der Waals surface area contributed by atoms with Crippen molar-refractivity contribution in [2.24, 2.45) is 11.8 Å². The molecule has 3 N–H and O–H groups in total. The van der Waals surface area contributed by atoms with Gasteiger partial charge in [-0.1, -0.05) is 38.3 Å². The zero-order chi connectivity index (χ0) is 22.6. The zero-order valence-electron chi connectivity index (χ0n) is 18.6. The van der Waals surface area contributed by atoms with Crippen LogP contribution < -0.4 is 5.32 Å². The van der Waals surface area contributed by atoms with Crippen LogP contribution in [0.2, 0.25) is 0 Å². The first-order chi connectivity index (χ1) is 14.9. The summed E-state index contributed by atoms with van der Waals surface area (Å²) < 4.78 is 6.02. The van der Waals surface area contributed by atoms with Gasteiger partial charge in [0, 0.05) is 18.8 Å². The van der Waals surface area contributed by atoms with Gasteiger partial charge in [-0.05, 0) is 44.4 Å². The van der Waals surface area contributed by atoms with E-state index < -0.39 is 11.9 Å². The number of fused-ring (bicyclic) bond motifs is 2. The second kappa shape index (κ2) is 13.5. The quantitative estimate of drug-likeness (QED) is 0.156. The SMILES string of the molecule is CCCCCCC(=O)NCC(=O)N(O)C[C@@H]1[C@H](C/C=C\CCCC(=O)O)[C@@H]2CC[C@H]1O2. The summed E-state index contributed by atoms with van der Waals surface area (Å²) in [4.78, 5) is 34.7. The summed E-state index contributed by atoms with van der Waals surface area (Å²) in [5.74, 6) is -1.17. The first-order valence-electron chi connectivity index (χ1n) is 11.7. The molecule has 0 aliphatic carbocycles. The molecule has 0 aromatic rings. The first-order valence-corrected chi connectivity index (χ1v) is 11.7. The second-order valence-electron chi connectivity index (χ2n) is 8.67. The number of allylic oxidation sites excluding steroid dienone is 2. The number of hydrogen-bond donors (Lipinski definition) is 3. The van der Waals surface area contributed by atoms with Gasteiger partial charge in [0.15, 0.2) is 0 Å². The van der Waals surface area contributed by atoms with Crippen LogP contribution in [0.4, 0.5) is 0 Å². The van der Waals surface area contributed by atoms with Crippen molar-refractivity contribution in [3.63, 3.8) is 0 Å². The Kier molecular flexibility index (Phi) is 11.0. The first kappa shape index (κ1) is 25.3. The third-order valence-electron chi connectivity index (χ3n) is 6.29. The Balaban J connectivity index is 1.73. The van der Waals surface area contributed by atoms with Crippen molar-refractivity contribution in [3.8, 4) is 0 Å². The van der Waals surface area contributed by atoms with E-state index in [1.54, 1.807) is 0 Å². The van der Waals surface area contributed by atoms with Gasteiger partial charge in [0.2, 0.25) is 5.91 Å². The Morgan fingerprint density at radius 1 is 1.03 bits per heavy atom. The summed E-state index contributed by atoms with van der Waals surface area (Å²) in [6.07, 6.45) is 12.9. The van der Waals surface area contributed by atoms with E-state index in [2.05, 4.69) is 18.3 Å². The van der Waals surface area contributed by atoms with Crippen LogP contribution in [0.25, 0.3) is 0 Å². The van der Waals surface area contributed by atoms with E-state index in [-0.39, 0.29) is 49.5 Å². The van der Waals surface area contributed by atoms with Crippen LogP contribution in [-0.4, -0.2) is 58.5 Å². The topological polar surface area (TPSA) is 116 Å². The van der Waals surface area contributed by atoms with E-state index in [9.17, 15) is 19.6 Å². The van der Waals surface area contributed by atoms with Gasteiger partial charge in [-0.15, -0.1) is 0 Å². The molecule has 2 rings (SSSR count). The lowest BCUT2D eigenvalue weighted by molar-refractivity contribution is -0.169. The number of carbonyl (C=O) groups is 3. The van der Waals surface area contributed by atoms with Gasteiger partial charge in [0.1, 0.15) is 0 Å². The zero-order valence-corrected chi connectivity index (χ0v) is 18.6. The van der Waals surface area contributed by atoms with E-state index in [1.165, 1.54) is 0 Å². The number of ether oxygens (including phenoxy) is 1. The summed E-state index contributed by atoms with van der Waals surface area (Å²) in [7, 11) is 0. The Morgan fingerprint density at radius 2 is 1.77 bits per heavy atom. The minimum atomic E-state index is -0.782. The smallest absolute Gasteiger partial charge is 0.303 e. The fourth-order valence-electron chi connectivity index (χ4n) is 4.56. The van der Waals surface area contributed by atoms with Crippen LogP contribution >= 0.6 is 0 Å². The van der Waals surface area contributed by atoms with Gasteiger partial charge in [-0.3, -0.25) is 19.6 Å². The fraction of sp³-hybridized carbons (Fsp3) is 0.783. The number of carbonyl (C=O) groups excluding carboxylic acids is 2. The third-order valence-corrected chi connectivity index (χ3v) is 6.29. The molecule has 4 atom stereocenters. The molecule has 0 saturated carbocycles. The summed E-state index contributed by atoms with van der Waals surface area (Å²) in [5.41, 5.74) is 0. The van der Waals surface area contributed by atoms with Crippen LogP contribution in [0, 0.1) is 11.8 Å². The third kappa shape index (κ3) is 8.61. The van der Waals surface area contributed by atoms with E-state index in [1.807, 2.05) is 6.08 Å². The number of nitrogens with one attached hydrogen (secondary N) is 1. The van der Waals surface area contributed by atoms with E-state index in [0.29, 0.717) is 12.8 Å². The second-order valence-corrected chi connectivity index (χ2v) is 8.67. The fourth-order valence-corrected chi connectivity index (χ4v) is 4.56. The van der Waals surface area contributed by atoms with Crippen LogP contribution in [0.15, 0.2) is 12.2 Å². The molecule has 31 heavy (non-hydrogen) atoms. The summed E-state index contributed by atoms with van der Waals surface area (Å²) in [5, 5.41) is 22.3. The van der Waals surface area contributed by atoms with Crippen LogP contribution in [-0.2, 0) is 19.1 Å². The highest BCUT2D eigenvalue weighted by atomic mass is 16.5. The molecule has 0 aromatic heterocycles. The highest BCUT2D eigenvalue weighted by Crippen LogP contribution is 2.45. The van der Waals surface area contributed by atoms with E-state index in [4.69, 9.17) is 9.84 Å². The van der Waals surface area contributed by atoms with Crippen LogP contribution in [0.1, 0.15) is 77.6 Å². The summed E-state index contributed by atoms with van der Waals surface area (Å²) in [6.45, 7) is 2.11. The standard InChI is InChI=1S/C23H38N2O6/c1-2-3-4-8-11-21(26)24-15-22(27)25(30)16-18-17(19-13-14-20(18)31-19)10-7-5-6-9-12-23(28)29/h5,7,17-20,30H,2-4,6,8-16H2,1H3,(H,24,26)(H,28,29)/b7-5-/t17-,18+,19-,20+/m0/s1. The van der Waals surface area contributed by atoms with Gasteiger partial charge >= 0.3 is 5.97 Å². The molecule has 2 aliphatic rings. The average Bonchev–Trinajstić information content (AvgIpc) is 3.34. The van der Waals surface area contributed by atoms with Crippen molar-refractivity contribution in [3.05, 3.63) is 12.2 Å². The van der Waals surface area contributed by atoms with Crippen LogP contribution in [0.3, 0.4) is 0 Å². The number of carboxylic acids is 1. The molecule has 0 radical (unpaired) electrons. The molecule has 2 bridgehead atoms. The van der Waals surface area contributed by atoms with Gasteiger partial charge in [-0.25, -0.2) is 5.06 Å². The van der Waals surface area contributed by atoms with Gasteiger partial charge in [-0.2, -0.15) is 0 Å². The molecule has 2 heterocycles. The molecule has 0 spiro atoms. The highest BCUT2D eigenvalue weighted by Gasteiger charge is 2.48. The highest BCUT2D eigenvalue weighted by molar-refractivity contribution is 5.84. The number of unbranched alkanes of at least 4 members (excludes halogenated alkanes) is 4. The Morgan fingerprint density at radius 3 is 2.48 bits per heavy atom. The minimum absolute atomic E-state index is 0.0472. The Labute approximate surface area is 185 Å². The molecule has 2 saturated heterocycles. The maximum absolute atomic E-state index is 12.3. The lowest BCUT2D eigenvalue weighted by Crippen LogP contribution is -2.43. The molecule has 8 nitrogen and oxygen atoms in total. The molecule has 2 aliphatic heterocycles. The van der Waals surface area contributed by atoms with Gasteiger partial charge < -0.3 is 15.2 Å². The maximum atomic E-state index is 12.3. The molecular formula is C23H38N2O6. The van der Waals surface area contributed by atoms with Crippen molar-refractivity contribution < 1.29 is 29.4 Å². The van der Waals surface area contributed by atoms with Crippen molar-refractivity contribution in [2.75, 3.05) is 13.1 Å². The van der Waals surface area contributed by atoms with Crippen molar-refractivity contribution in [1.82, 2.24) is 10.4 Å². The number of hydroxylamine groups is 2. The molecule has 2 amide bonds. The largest absolute Gasteiger partial charge is 0.481 e. The number of hydrogen-bond acceptors (Lipinski definition) is 5. The number of aliphatic carboxylic acids is 1. The molecule has 2 fully saturated rings. The average molecular weight is 439 g/mol. The molecule has 0 unspecified atom stereocenters. The Bertz CT molecular complexity index is 623. The van der Waals surface area contributed by atoms with Gasteiger partial charge in [0.25, 0.3) is 5.91 Å². The molecule has 0 aromatic carbocycles. The van der Waals surface area contributed by atoms with Crippen molar-refractivity contribution in [2.45, 2.75) is 89.8 Å². The lowest BCUT2D eigenvalue weighted by Gasteiger charge is -2.29. The van der Waals surface area contributed by atoms with E-state index >= 15 is 0 Å². The molecule has 8 heteroatoms. The molecule has 176 valence electrons. The minimum Gasteiger partial charge on any atom is -0.481 e. The summed E-state index contributed by atoms with van der Waals surface area (Å²) in [6, 6.07) is 0. The predicted octanol–water partition coefficient (Wildman–Crippen LogP) is 3.29. The van der Waals surface area contributed by atoms with Crippen molar-refractivity contribution in [1.29, 1.82) is 0 Å². The van der Waals surface area contributed by atoms with Crippen molar-refractivity contribution >= 4 is 17.8 Å². The predicted molar refractivity (Wildman–Crippen MR) is 115 cm³/mol. The number of rotatable bonds is 15. The van der Waals surface area contributed by atoms with Gasteiger partial charge in [0.05, 0.1) is 25.3 Å². The lowest BCUT2D eigenvalue weighted by atomic mass is 9.77. The number of carboxylic acid groups (broad SMARTS) is 1. The van der Waals surface area contributed by atoms with E-state index in [0.717, 1.165) is 56.4 Å². The normalized spacial score (nSPS) is 24.6. The Hall–Kier alpha value is -1.93. The summed E-state index contributed by atoms with van der Waals surface area (Å²) >= 11 is 0.